The highest BCUT2D eigenvalue weighted by atomic mass is 127. The second-order valence-electron chi connectivity index (χ2n) is 4.03. The average molecular weight is 433 g/mol. The molecule has 0 fully saturated rings. The third kappa shape index (κ3) is 3.42. The van der Waals surface area contributed by atoms with Crippen LogP contribution in [0.5, 0.6) is 11.5 Å². The lowest BCUT2D eigenvalue weighted by Gasteiger charge is -2.14. The van der Waals surface area contributed by atoms with Crippen LogP contribution in [0.15, 0.2) is 42.5 Å². The molecule has 2 aromatic carbocycles. The van der Waals surface area contributed by atoms with E-state index in [1.54, 1.807) is 14.2 Å². The number of rotatable bonds is 4. The lowest BCUT2D eigenvalue weighted by atomic mass is 10.0. The number of hydrogen-bond donors (Lipinski definition) is 0. The van der Waals surface area contributed by atoms with Gasteiger partial charge in [-0.2, -0.15) is 0 Å². The summed E-state index contributed by atoms with van der Waals surface area (Å²) in [4.78, 5) is 0.143. The molecule has 1 unspecified atom stereocenters. The Morgan fingerprint density at radius 3 is 2.05 bits per heavy atom. The zero-order valence-electron chi connectivity index (χ0n) is 10.7. The molecular weight excluding hydrogens is 419 g/mol. The van der Waals surface area contributed by atoms with Gasteiger partial charge in [0.2, 0.25) is 0 Å². The van der Waals surface area contributed by atoms with Crippen molar-refractivity contribution < 1.29 is 9.47 Å². The molecule has 0 amide bonds. The van der Waals surface area contributed by atoms with Crippen LogP contribution in [-0.4, -0.2) is 14.2 Å². The summed E-state index contributed by atoms with van der Waals surface area (Å²) in [6.07, 6.45) is 0. The van der Waals surface area contributed by atoms with Crippen LogP contribution in [0.3, 0.4) is 0 Å². The molecule has 4 heteroatoms. The van der Waals surface area contributed by atoms with Crippen LogP contribution < -0.4 is 9.47 Å². The van der Waals surface area contributed by atoms with Crippen LogP contribution >= 0.6 is 38.5 Å². The highest BCUT2D eigenvalue weighted by Gasteiger charge is 2.13. The van der Waals surface area contributed by atoms with Gasteiger partial charge in [0.15, 0.2) is 11.5 Å². The van der Waals surface area contributed by atoms with Gasteiger partial charge in [0, 0.05) is 3.57 Å². The number of benzene rings is 2. The first-order valence-corrected chi connectivity index (χ1v) is 7.76. The third-order valence-electron chi connectivity index (χ3n) is 2.86. The van der Waals surface area contributed by atoms with Crippen LogP contribution in [0.2, 0.25) is 0 Å². The van der Waals surface area contributed by atoms with E-state index in [2.05, 4.69) is 62.8 Å². The van der Waals surface area contributed by atoms with E-state index in [0.717, 1.165) is 17.1 Å². The van der Waals surface area contributed by atoms with Gasteiger partial charge in [-0.1, -0.05) is 34.1 Å². The SMILES string of the molecule is COc1ccc(C(Br)c2ccc(I)cc2)cc1OC. The Labute approximate surface area is 135 Å². The van der Waals surface area contributed by atoms with E-state index in [9.17, 15) is 0 Å². The summed E-state index contributed by atoms with van der Waals surface area (Å²) in [6.45, 7) is 0. The topological polar surface area (TPSA) is 18.5 Å². The van der Waals surface area contributed by atoms with E-state index >= 15 is 0 Å². The number of halogens is 2. The molecule has 0 aliphatic rings. The molecule has 0 saturated heterocycles. The minimum atomic E-state index is 0.143. The van der Waals surface area contributed by atoms with E-state index in [4.69, 9.17) is 9.47 Å². The first-order valence-electron chi connectivity index (χ1n) is 5.77. The van der Waals surface area contributed by atoms with Gasteiger partial charge >= 0.3 is 0 Å². The predicted octanol–water partition coefficient (Wildman–Crippen LogP) is 4.79. The van der Waals surface area contributed by atoms with Gasteiger partial charge in [-0.05, 0) is 58.0 Å². The van der Waals surface area contributed by atoms with E-state index in [1.807, 2.05) is 18.2 Å². The largest absolute Gasteiger partial charge is 0.493 e. The van der Waals surface area contributed by atoms with Crippen molar-refractivity contribution in [1.29, 1.82) is 0 Å². The molecular formula is C15H14BrIO2. The van der Waals surface area contributed by atoms with Gasteiger partial charge in [0.05, 0.1) is 19.0 Å². The first-order chi connectivity index (χ1) is 9.15. The van der Waals surface area contributed by atoms with Gasteiger partial charge < -0.3 is 9.47 Å². The third-order valence-corrected chi connectivity index (χ3v) is 4.64. The molecule has 0 aliphatic heterocycles. The molecule has 0 bridgehead atoms. The minimum absolute atomic E-state index is 0.143. The summed E-state index contributed by atoms with van der Waals surface area (Å²) in [6, 6.07) is 14.4. The second kappa shape index (κ2) is 6.61. The fraction of sp³-hybridized carbons (Fsp3) is 0.200. The Hall–Kier alpha value is -0.750. The molecule has 0 N–H and O–H groups in total. The molecule has 0 aromatic heterocycles. The summed E-state index contributed by atoms with van der Waals surface area (Å²) in [7, 11) is 3.29. The maximum atomic E-state index is 5.33. The van der Waals surface area contributed by atoms with Crippen LogP contribution in [-0.2, 0) is 0 Å². The van der Waals surface area contributed by atoms with Crippen LogP contribution in [0.4, 0.5) is 0 Å². The molecule has 2 rings (SSSR count). The number of methoxy groups -OCH3 is 2. The lowest BCUT2D eigenvalue weighted by molar-refractivity contribution is 0.354. The number of hydrogen-bond acceptors (Lipinski definition) is 2. The van der Waals surface area contributed by atoms with Crippen LogP contribution in [0, 0.1) is 3.57 Å². The van der Waals surface area contributed by atoms with E-state index < -0.39 is 0 Å². The van der Waals surface area contributed by atoms with Gasteiger partial charge in [0.1, 0.15) is 0 Å². The molecule has 2 nitrogen and oxygen atoms in total. The van der Waals surface area contributed by atoms with Gasteiger partial charge in [0.25, 0.3) is 0 Å². The molecule has 1 atom stereocenters. The average Bonchev–Trinajstić information content (AvgIpc) is 2.46. The summed E-state index contributed by atoms with van der Waals surface area (Å²) >= 11 is 6.03. The maximum absolute atomic E-state index is 5.33. The van der Waals surface area contributed by atoms with Gasteiger partial charge in [-0.15, -0.1) is 0 Å². The Bertz CT molecular complexity index is 555. The fourth-order valence-electron chi connectivity index (χ4n) is 1.83. The maximum Gasteiger partial charge on any atom is 0.161 e. The standard InChI is InChI=1S/C15H14BrIO2/c1-18-13-8-5-11(9-14(13)19-2)15(16)10-3-6-12(17)7-4-10/h3-9,15H,1-2H3. The van der Waals surface area contributed by atoms with Crippen molar-refractivity contribution in [3.8, 4) is 11.5 Å². The molecule has 100 valence electrons. The zero-order valence-corrected chi connectivity index (χ0v) is 14.4. The minimum Gasteiger partial charge on any atom is -0.493 e. The number of ether oxygens (including phenoxy) is 2. The van der Waals surface area contributed by atoms with Crippen LogP contribution in [0.1, 0.15) is 16.0 Å². The van der Waals surface area contributed by atoms with Gasteiger partial charge in [-0.25, -0.2) is 0 Å². The van der Waals surface area contributed by atoms with Crippen molar-refractivity contribution >= 4 is 38.5 Å². The van der Waals surface area contributed by atoms with E-state index in [0.29, 0.717) is 0 Å². The molecule has 0 heterocycles. The first kappa shape index (κ1) is 14.7. The lowest BCUT2D eigenvalue weighted by Crippen LogP contribution is -1.96. The summed E-state index contributed by atoms with van der Waals surface area (Å²) in [5.41, 5.74) is 2.35. The Morgan fingerprint density at radius 2 is 1.47 bits per heavy atom. The van der Waals surface area contributed by atoms with Crippen LogP contribution in [0.25, 0.3) is 0 Å². The van der Waals surface area contributed by atoms with Crippen molar-refractivity contribution in [3.05, 3.63) is 57.2 Å². The molecule has 19 heavy (non-hydrogen) atoms. The van der Waals surface area contributed by atoms with Crippen molar-refractivity contribution in [1.82, 2.24) is 0 Å². The molecule has 0 radical (unpaired) electrons. The highest BCUT2D eigenvalue weighted by Crippen LogP contribution is 2.36. The fourth-order valence-corrected chi connectivity index (χ4v) is 2.78. The summed E-state index contributed by atoms with van der Waals surface area (Å²) in [5, 5.41) is 0. The Kier molecular flexibility index (Phi) is 5.10. The van der Waals surface area contributed by atoms with Crippen molar-refractivity contribution in [2.24, 2.45) is 0 Å². The van der Waals surface area contributed by atoms with Crippen molar-refractivity contribution in [2.45, 2.75) is 4.83 Å². The monoisotopic (exact) mass is 432 g/mol. The molecule has 0 saturated carbocycles. The Morgan fingerprint density at radius 1 is 0.895 bits per heavy atom. The normalized spacial score (nSPS) is 12.0. The zero-order chi connectivity index (χ0) is 13.8. The quantitative estimate of drug-likeness (QED) is 0.510. The summed E-state index contributed by atoms with van der Waals surface area (Å²) < 4.78 is 11.8. The molecule has 0 spiro atoms. The molecule has 0 aliphatic carbocycles. The highest BCUT2D eigenvalue weighted by molar-refractivity contribution is 14.1. The number of alkyl halides is 1. The van der Waals surface area contributed by atoms with E-state index in [-0.39, 0.29) is 4.83 Å². The van der Waals surface area contributed by atoms with Gasteiger partial charge in [-0.3, -0.25) is 0 Å². The predicted molar refractivity (Wildman–Crippen MR) is 89.5 cm³/mol. The Balaban J connectivity index is 2.33. The van der Waals surface area contributed by atoms with Crippen molar-refractivity contribution in [2.75, 3.05) is 14.2 Å². The van der Waals surface area contributed by atoms with E-state index in [1.165, 1.54) is 9.13 Å². The summed E-state index contributed by atoms with van der Waals surface area (Å²) in [5.74, 6) is 1.49. The smallest absolute Gasteiger partial charge is 0.161 e. The van der Waals surface area contributed by atoms with Crippen molar-refractivity contribution in [3.63, 3.8) is 0 Å². The molecule has 2 aromatic rings. The second-order valence-corrected chi connectivity index (χ2v) is 6.19.